The molecule has 1 aliphatic heterocycles. The van der Waals surface area contributed by atoms with Crippen molar-refractivity contribution in [2.45, 2.75) is 29.5 Å². The van der Waals surface area contributed by atoms with Crippen LogP contribution in [0.4, 0.5) is 10.2 Å². The van der Waals surface area contributed by atoms with E-state index >= 15 is 0 Å². The molecule has 3 aromatic rings. The third-order valence-corrected chi connectivity index (χ3v) is 5.21. The van der Waals surface area contributed by atoms with E-state index in [-0.39, 0.29) is 5.82 Å². The molecule has 1 saturated heterocycles. The number of nitrogen functional groups attached to an aromatic ring is 1. The number of nitrogens with two attached hydrogens (primary N) is 1. The van der Waals surface area contributed by atoms with Crippen LogP contribution in [0.3, 0.4) is 0 Å². The molecular weight excluding hydrogens is 345 g/mol. The number of fused-ring (bicyclic) bond motifs is 1. The van der Waals surface area contributed by atoms with Crippen molar-refractivity contribution >= 4 is 28.7 Å². The van der Waals surface area contributed by atoms with Gasteiger partial charge in [0.1, 0.15) is 24.1 Å². The van der Waals surface area contributed by atoms with E-state index in [0.29, 0.717) is 16.9 Å². The van der Waals surface area contributed by atoms with Gasteiger partial charge in [-0.15, -0.1) is 11.8 Å². The van der Waals surface area contributed by atoms with Crippen molar-refractivity contribution in [1.82, 2.24) is 19.5 Å². The quantitative estimate of drug-likeness (QED) is 0.684. The summed E-state index contributed by atoms with van der Waals surface area (Å²) in [6.07, 6.45) is -1.72. The molecule has 1 aliphatic rings. The summed E-state index contributed by atoms with van der Waals surface area (Å²) in [6, 6.07) is 9.66. The third-order valence-electron chi connectivity index (χ3n) is 4.11. The SMILES string of the molecule is Nc1ncnc2c1ncn2[C@@H]1O[C@H](CSc2ccccc2)[C@@H](F)[C@H]1O. The zero-order valence-corrected chi connectivity index (χ0v) is 13.9. The number of aliphatic hydroxyl groups is 1. The monoisotopic (exact) mass is 361 g/mol. The molecule has 9 heteroatoms. The zero-order chi connectivity index (χ0) is 17.4. The highest BCUT2D eigenvalue weighted by Gasteiger charge is 2.45. The Morgan fingerprint density at radius 2 is 2.04 bits per heavy atom. The van der Waals surface area contributed by atoms with Gasteiger partial charge in [-0.3, -0.25) is 4.57 Å². The van der Waals surface area contributed by atoms with Gasteiger partial charge in [-0.1, -0.05) is 18.2 Å². The van der Waals surface area contributed by atoms with E-state index in [0.717, 1.165) is 4.90 Å². The van der Waals surface area contributed by atoms with Gasteiger partial charge in [0.05, 0.1) is 6.33 Å². The van der Waals surface area contributed by atoms with E-state index in [4.69, 9.17) is 10.5 Å². The fraction of sp³-hybridized carbons (Fsp3) is 0.312. The van der Waals surface area contributed by atoms with E-state index in [1.807, 2.05) is 30.3 Å². The van der Waals surface area contributed by atoms with Gasteiger partial charge in [0, 0.05) is 10.6 Å². The van der Waals surface area contributed by atoms with Crippen molar-refractivity contribution in [1.29, 1.82) is 0 Å². The number of halogens is 1. The van der Waals surface area contributed by atoms with Crippen LogP contribution in [-0.2, 0) is 4.74 Å². The normalized spacial score (nSPS) is 26.3. The Kier molecular flexibility index (Phi) is 4.28. The number of hydrogen-bond donors (Lipinski definition) is 2. The molecule has 0 amide bonds. The van der Waals surface area contributed by atoms with Crippen LogP contribution in [0.2, 0.25) is 0 Å². The molecule has 0 aliphatic carbocycles. The summed E-state index contributed by atoms with van der Waals surface area (Å²) in [6.45, 7) is 0. The molecule has 130 valence electrons. The van der Waals surface area contributed by atoms with Gasteiger partial charge in [-0.2, -0.15) is 0 Å². The van der Waals surface area contributed by atoms with Crippen LogP contribution in [0.25, 0.3) is 11.2 Å². The lowest BCUT2D eigenvalue weighted by atomic mass is 10.2. The maximum atomic E-state index is 14.5. The lowest BCUT2D eigenvalue weighted by Gasteiger charge is -2.16. The molecule has 2 aromatic heterocycles. The van der Waals surface area contributed by atoms with E-state index in [9.17, 15) is 9.50 Å². The molecule has 0 bridgehead atoms. The lowest BCUT2D eigenvalue weighted by Crippen LogP contribution is -2.28. The molecule has 4 atom stereocenters. The van der Waals surface area contributed by atoms with Crippen LogP contribution in [0.1, 0.15) is 6.23 Å². The number of rotatable bonds is 4. The second-order valence-electron chi connectivity index (χ2n) is 5.71. The lowest BCUT2D eigenvalue weighted by molar-refractivity contribution is -0.0286. The molecular formula is C16H16FN5O2S. The highest BCUT2D eigenvalue weighted by molar-refractivity contribution is 7.99. The van der Waals surface area contributed by atoms with Crippen molar-refractivity contribution in [3.8, 4) is 0 Å². The Hall–Kier alpha value is -2.23. The van der Waals surface area contributed by atoms with Gasteiger partial charge in [0.2, 0.25) is 0 Å². The molecule has 0 radical (unpaired) electrons. The number of thioether (sulfide) groups is 1. The van der Waals surface area contributed by atoms with Gasteiger partial charge in [0.25, 0.3) is 0 Å². The van der Waals surface area contributed by atoms with Gasteiger partial charge in [-0.05, 0) is 12.1 Å². The molecule has 0 saturated carbocycles. The fourth-order valence-electron chi connectivity index (χ4n) is 2.82. The molecule has 0 unspecified atom stereocenters. The summed E-state index contributed by atoms with van der Waals surface area (Å²) in [5.41, 5.74) is 6.56. The summed E-state index contributed by atoms with van der Waals surface area (Å²) >= 11 is 1.48. The highest BCUT2D eigenvalue weighted by atomic mass is 32.2. The van der Waals surface area contributed by atoms with Gasteiger partial charge in [0.15, 0.2) is 23.9 Å². The minimum atomic E-state index is -1.50. The maximum Gasteiger partial charge on any atom is 0.167 e. The highest BCUT2D eigenvalue weighted by Crippen LogP contribution is 2.35. The topological polar surface area (TPSA) is 99.1 Å². The number of aromatic nitrogens is 4. The smallest absolute Gasteiger partial charge is 0.167 e. The number of benzene rings is 1. The Labute approximate surface area is 147 Å². The summed E-state index contributed by atoms with van der Waals surface area (Å²) < 4.78 is 21.8. The standard InChI is InChI=1S/C16H16FN5O2S/c17-11-10(6-25-9-4-2-1-3-5-9)24-16(13(11)23)22-8-21-12-14(18)19-7-20-15(12)22/h1-5,7-8,10-11,13,16,23H,6H2,(H2,18,19,20)/t10-,11-,13-,16-/m1/s1. The molecule has 3 N–H and O–H groups in total. The largest absolute Gasteiger partial charge is 0.385 e. The van der Waals surface area contributed by atoms with Crippen LogP contribution < -0.4 is 5.73 Å². The molecule has 1 aromatic carbocycles. The predicted molar refractivity (Wildman–Crippen MR) is 91.7 cm³/mol. The predicted octanol–water partition coefficient (Wildman–Crippen LogP) is 1.80. The number of anilines is 1. The van der Waals surface area contributed by atoms with E-state index in [1.165, 1.54) is 29.0 Å². The molecule has 3 heterocycles. The van der Waals surface area contributed by atoms with Gasteiger partial charge >= 0.3 is 0 Å². The third kappa shape index (κ3) is 2.94. The van der Waals surface area contributed by atoms with Crippen molar-refractivity contribution in [2.24, 2.45) is 0 Å². The Morgan fingerprint density at radius 3 is 2.84 bits per heavy atom. The summed E-state index contributed by atoms with van der Waals surface area (Å²) in [5.74, 6) is 0.617. The van der Waals surface area contributed by atoms with Gasteiger partial charge < -0.3 is 15.6 Å². The average Bonchev–Trinajstić information content (AvgIpc) is 3.18. The number of ether oxygens (including phenoxy) is 1. The first-order valence-electron chi connectivity index (χ1n) is 7.73. The van der Waals surface area contributed by atoms with Gasteiger partial charge in [-0.25, -0.2) is 19.3 Å². The van der Waals surface area contributed by atoms with Crippen LogP contribution in [0, 0.1) is 0 Å². The van der Waals surface area contributed by atoms with Crippen molar-refractivity contribution in [3.63, 3.8) is 0 Å². The van der Waals surface area contributed by atoms with Crippen molar-refractivity contribution < 1.29 is 14.2 Å². The Bertz CT molecular complexity index is 877. The fourth-order valence-corrected chi connectivity index (χ4v) is 3.79. The molecule has 4 rings (SSSR count). The first kappa shape index (κ1) is 16.2. The number of imidazole rings is 1. The number of alkyl halides is 1. The summed E-state index contributed by atoms with van der Waals surface area (Å²) in [7, 11) is 0. The minimum absolute atomic E-state index is 0.226. The second kappa shape index (κ2) is 6.58. The maximum absolute atomic E-state index is 14.5. The van der Waals surface area contributed by atoms with E-state index in [1.54, 1.807) is 0 Å². The second-order valence-corrected chi connectivity index (χ2v) is 6.80. The number of aliphatic hydroxyl groups excluding tert-OH is 1. The van der Waals surface area contributed by atoms with Crippen LogP contribution in [-0.4, -0.2) is 48.8 Å². The molecule has 25 heavy (non-hydrogen) atoms. The summed E-state index contributed by atoms with van der Waals surface area (Å²) in [4.78, 5) is 13.1. The van der Waals surface area contributed by atoms with E-state index in [2.05, 4.69) is 15.0 Å². The van der Waals surface area contributed by atoms with Crippen molar-refractivity contribution in [3.05, 3.63) is 43.0 Å². The molecule has 1 fully saturated rings. The Balaban J connectivity index is 1.54. The average molecular weight is 361 g/mol. The summed E-state index contributed by atoms with van der Waals surface area (Å²) in [5, 5.41) is 10.3. The Morgan fingerprint density at radius 1 is 1.24 bits per heavy atom. The molecule has 0 spiro atoms. The van der Waals surface area contributed by atoms with Crippen LogP contribution >= 0.6 is 11.8 Å². The molecule has 7 nitrogen and oxygen atoms in total. The van der Waals surface area contributed by atoms with Crippen molar-refractivity contribution in [2.75, 3.05) is 11.5 Å². The minimum Gasteiger partial charge on any atom is -0.385 e. The van der Waals surface area contributed by atoms with Crippen LogP contribution in [0.15, 0.2) is 47.9 Å². The van der Waals surface area contributed by atoms with E-state index < -0.39 is 24.6 Å². The first-order valence-corrected chi connectivity index (χ1v) is 8.72. The number of hydrogen-bond acceptors (Lipinski definition) is 7. The number of nitrogens with zero attached hydrogens (tertiary/aromatic N) is 4. The first-order chi connectivity index (χ1) is 12.1. The zero-order valence-electron chi connectivity index (χ0n) is 13.1. The van der Waals surface area contributed by atoms with Crippen LogP contribution in [0.5, 0.6) is 0 Å².